The van der Waals surface area contributed by atoms with Crippen LogP contribution in [0.3, 0.4) is 0 Å². The highest BCUT2D eigenvalue weighted by Crippen LogP contribution is 2.13. The number of nitrogens with one attached hydrogen (secondary N) is 2. The first-order valence-electron chi connectivity index (χ1n) is 7.81. The molecule has 2 aromatic rings. The Balaban J connectivity index is 2.01. The summed E-state index contributed by atoms with van der Waals surface area (Å²) in [5, 5.41) is 11.9. The van der Waals surface area contributed by atoms with Crippen LogP contribution < -0.4 is 10.0 Å². The lowest BCUT2D eigenvalue weighted by Gasteiger charge is -2.10. The summed E-state index contributed by atoms with van der Waals surface area (Å²) in [5.41, 5.74) is 0.813. The number of aromatic carboxylic acids is 1. The summed E-state index contributed by atoms with van der Waals surface area (Å²) in [7, 11) is -3.50. The molecular weight excluding hydrogens is 342 g/mol. The van der Waals surface area contributed by atoms with Crippen molar-refractivity contribution >= 4 is 21.8 Å². The fourth-order valence-electron chi connectivity index (χ4n) is 1.99. The highest BCUT2D eigenvalue weighted by molar-refractivity contribution is 7.89. The number of nitrogens with zero attached hydrogens (tertiary/aromatic N) is 1. The number of sulfonamides is 1. The Labute approximate surface area is 147 Å². The predicted octanol–water partition coefficient (Wildman–Crippen LogP) is 2.33. The van der Waals surface area contributed by atoms with Gasteiger partial charge in [0.15, 0.2) is 5.69 Å². The summed E-state index contributed by atoms with van der Waals surface area (Å²) >= 11 is 0. The summed E-state index contributed by atoms with van der Waals surface area (Å²) in [6, 6.07) is 11.2. The fourth-order valence-corrected chi connectivity index (χ4v) is 3.20. The predicted molar refractivity (Wildman–Crippen MR) is 95.0 cm³/mol. The number of carbonyl (C=O) groups is 1. The third-order valence-electron chi connectivity index (χ3n) is 3.36. The van der Waals surface area contributed by atoms with Gasteiger partial charge in [-0.2, -0.15) is 0 Å². The molecule has 2 rings (SSSR count). The number of anilines is 1. The second kappa shape index (κ2) is 8.09. The van der Waals surface area contributed by atoms with Crippen molar-refractivity contribution in [1.29, 1.82) is 0 Å². The number of hydrogen-bond donors (Lipinski definition) is 3. The molecule has 7 nitrogen and oxygen atoms in total. The van der Waals surface area contributed by atoms with Crippen LogP contribution in [-0.2, 0) is 16.6 Å². The van der Waals surface area contributed by atoms with E-state index in [1.807, 2.05) is 13.8 Å². The van der Waals surface area contributed by atoms with Crippen LogP contribution in [0.4, 0.5) is 5.82 Å². The van der Waals surface area contributed by atoms with Crippen LogP contribution in [-0.4, -0.2) is 31.0 Å². The monoisotopic (exact) mass is 363 g/mol. The van der Waals surface area contributed by atoms with E-state index in [9.17, 15) is 13.2 Å². The van der Waals surface area contributed by atoms with Crippen LogP contribution >= 0.6 is 0 Å². The Morgan fingerprint density at radius 1 is 1.16 bits per heavy atom. The topological polar surface area (TPSA) is 108 Å². The number of benzene rings is 1. The van der Waals surface area contributed by atoms with Crippen LogP contribution in [0, 0.1) is 5.92 Å². The number of aromatic nitrogens is 1. The Hall–Kier alpha value is -2.45. The number of hydrogen-bond acceptors (Lipinski definition) is 5. The van der Waals surface area contributed by atoms with Crippen molar-refractivity contribution in [2.24, 2.45) is 5.92 Å². The highest BCUT2D eigenvalue weighted by atomic mass is 32.2. The summed E-state index contributed by atoms with van der Waals surface area (Å²) in [4.78, 5) is 15.1. The smallest absolute Gasteiger partial charge is 0.354 e. The molecule has 3 N–H and O–H groups in total. The molecule has 134 valence electrons. The van der Waals surface area contributed by atoms with Crippen molar-refractivity contribution in [2.45, 2.75) is 25.3 Å². The minimum Gasteiger partial charge on any atom is -0.477 e. The van der Waals surface area contributed by atoms with E-state index >= 15 is 0 Å². The van der Waals surface area contributed by atoms with Crippen molar-refractivity contribution < 1.29 is 18.3 Å². The molecule has 0 atom stereocenters. The third-order valence-corrected chi connectivity index (χ3v) is 4.80. The van der Waals surface area contributed by atoms with Crippen molar-refractivity contribution in [2.75, 3.05) is 11.9 Å². The van der Waals surface area contributed by atoms with Gasteiger partial charge >= 0.3 is 5.97 Å². The molecule has 8 heteroatoms. The molecule has 0 amide bonds. The average Bonchev–Trinajstić information content (AvgIpc) is 2.59. The average molecular weight is 363 g/mol. The minimum atomic E-state index is -3.50. The van der Waals surface area contributed by atoms with Gasteiger partial charge in [0.1, 0.15) is 5.82 Å². The van der Waals surface area contributed by atoms with E-state index in [4.69, 9.17) is 5.11 Å². The molecule has 25 heavy (non-hydrogen) atoms. The Morgan fingerprint density at radius 2 is 1.84 bits per heavy atom. The van der Waals surface area contributed by atoms with Gasteiger partial charge in [0, 0.05) is 13.1 Å². The normalized spacial score (nSPS) is 11.5. The maximum absolute atomic E-state index is 12.1. The highest BCUT2D eigenvalue weighted by Gasteiger charge is 2.13. The van der Waals surface area contributed by atoms with Gasteiger partial charge in [0.25, 0.3) is 0 Å². The van der Waals surface area contributed by atoms with E-state index in [0.29, 0.717) is 18.9 Å². The number of carboxylic acid groups (broad SMARTS) is 1. The molecular formula is C17H21N3O4S. The summed E-state index contributed by atoms with van der Waals surface area (Å²) in [5.74, 6) is -0.422. The first-order chi connectivity index (χ1) is 11.8. The van der Waals surface area contributed by atoms with E-state index in [2.05, 4.69) is 15.0 Å². The van der Waals surface area contributed by atoms with Crippen LogP contribution in [0.1, 0.15) is 29.9 Å². The zero-order valence-electron chi connectivity index (χ0n) is 14.1. The third kappa shape index (κ3) is 5.54. The van der Waals surface area contributed by atoms with Crippen molar-refractivity contribution in [1.82, 2.24) is 9.71 Å². The second-order valence-corrected chi connectivity index (χ2v) is 7.72. The zero-order valence-corrected chi connectivity index (χ0v) is 14.9. The number of rotatable bonds is 8. The minimum absolute atomic E-state index is 0.0392. The molecule has 1 heterocycles. The van der Waals surface area contributed by atoms with E-state index in [1.165, 1.54) is 6.07 Å². The molecule has 0 bridgehead atoms. The van der Waals surface area contributed by atoms with Crippen LogP contribution in [0.2, 0.25) is 0 Å². The van der Waals surface area contributed by atoms with Crippen molar-refractivity contribution in [3.05, 3.63) is 53.7 Å². The lowest BCUT2D eigenvalue weighted by molar-refractivity contribution is 0.0690. The fraction of sp³-hybridized carbons (Fsp3) is 0.294. The standard InChI is InChI=1S/C17H21N3O4S/c1-12(2)10-19-25(23,24)14-8-6-13(7-9-14)11-18-16-5-3-4-15(20-16)17(21)22/h3-9,12,19H,10-11H2,1-2H3,(H,18,20)(H,21,22). The molecule has 0 aliphatic carbocycles. The largest absolute Gasteiger partial charge is 0.477 e. The maximum atomic E-state index is 12.1. The molecule has 0 unspecified atom stereocenters. The zero-order chi connectivity index (χ0) is 18.4. The molecule has 1 aromatic carbocycles. The Morgan fingerprint density at radius 3 is 2.44 bits per heavy atom. The molecule has 1 aromatic heterocycles. The van der Waals surface area contributed by atoms with E-state index < -0.39 is 16.0 Å². The molecule has 0 spiro atoms. The van der Waals surface area contributed by atoms with Crippen LogP contribution in [0.15, 0.2) is 47.4 Å². The summed E-state index contributed by atoms with van der Waals surface area (Å²) in [6.07, 6.45) is 0. The summed E-state index contributed by atoms with van der Waals surface area (Å²) < 4.78 is 26.8. The van der Waals surface area contributed by atoms with Gasteiger partial charge in [-0.25, -0.2) is 22.9 Å². The number of carboxylic acids is 1. The Bertz CT molecular complexity index is 833. The van der Waals surface area contributed by atoms with Gasteiger partial charge in [-0.15, -0.1) is 0 Å². The van der Waals surface area contributed by atoms with Gasteiger partial charge < -0.3 is 10.4 Å². The molecule has 0 aliphatic heterocycles. The van der Waals surface area contributed by atoms with Gasteiger partial charge in [0.2, 0.25) is 10.0 Å². The first-order valence-corrected chi connectivity index (χ1v) is 9.29. The second-order valence-electron chi connectivity index (χ2n) is 5.96. The first kappa shape index (κ1) is 18.9. The van der Waals surface area contributed by atoms with Crippen LogP contribution in [0.5, 0.6) is 0 Å². The lowest BCUT2D eigenvalue weighted by Crippen LogP contribution is -2.27. The van der Waals surface area contributed by atoms with Gasteiger partial charge in [-0.05, 0) is 35.7 Å². The van der Waals surface area contributed by atoms with Gasteiger partial charge in [-0.1, -0.05) is 32.0 Å². The molecule has 0 radical (unpaired) electrons. The Kier molecular flexibility index (Phi) is 6.11. The molecule has 0 saturated heterocycles. The molecule has 0 fully saturated rings. The lowest BCUT2D eigenvalue weighted by atomic mass is 10.2. The maximum Gasteiger partial charge on any atom is 0.354 e. The number of pyridine rings is 1. The molecule has 0 saturated carbocycles. The van der Waals surface area contributed by atoms with Crippen molar-refractivity contribution in [3.63, 3.8) is 0 Å². The van der Waals surface area contributed by atoms with E-state index in [-0.39, 0.29) is 16.5 Å². The van der Waals surface area contributed by atoms with E-state index in [0.717, 1.165) is 5.56 Å². The summed E-state index contributed by atoms with van der Waals surface area (Å²) in [6.45, 7) is 4.66. The van der Waals surface area contributed by atoms with Crippen LogP contribution in [0.25, 0.3) is 0 Å². The molecule has 0 aliphatic rings. The van der Waals surface area contributed by atoms with Gasteiger partial charge in [-0.3, -0.25) is 0 Å². The van der Waals surface area contributed by atoms with Crippen molar-refractivity contribution in [3.8, 4) is 0 Å². The SMILES string of the molecule is CC(C)CNS(=O)(=O)c1ccc(CNc2cccc(C(=O)O)n2)cc1. The van der Waals surface area contributed by atoms with Gasteiger partial charge in [0.05, 0.1) is 4.90 Å². The quantitative estimate of drug-likeness (QED) is 0.664. The van der Waals surface area contributed by atoms with E-state index in [1.54, 1.807) is 36.4 Å².